The summed E-state index contributed by atoms with van der Waals surface area (Å²) in [7, 11) is 0. The van der Waals surface area contributed by atoms with E-state index in [-0.39, 0.29) is 17.0 Å². The van der Waals surface area contributed by atoms with E-state index in [4.69, 9.17) is 25.5 Å². The van der Waals surface area contributed by atoms with Gasteiger partial charge in [-0.3, -0.25) is 4.79 Å². The molecule has 1 aromatic carbocycles. The lowest BCUT2D eigenvalue weighted by molar-refractivity contribution is 0.0659. The highest BCUT2D eigenvalue weighted by Crippen LogP contribution is 2.34. The van der Waals surface area contributed by atoms with Crippen LogP contribution in [0, 0.1) is 19.3 Å². The van der Waals surface area contributed by atoms with Gasteiger partial charge in [0.15, 0.2) is 23.0 Å². The lowest BCUT2D eigenvalue weighted by Crippen LogP contribution is -2.12. The number of Topliss-reactive ketones (excluding diaryl/α,β-unsaturated/α-hetero) is 1. The summed E-state index contributed by atoms with van der Waals surface area (Å²) < 4.78 is 10.5. The Morgan fingerprint density at radius 3 is 1.71 bits per heavy atom. The van der Waals surface area contributed by atoms with E-state index in [1.807, 2.05) is 44.2 Å². The van der Waals surface area contributed by atoms with E-state index >= 15 is 0 Å². The second kappa shape index (κ2) is 19.2. The molecule has 0 spiro atoms. The molecule has 0 unspecified atom stereocenters. The molecule has 0 amide bonds. The lowest BCUT2D eigenvalue weighted by atomic mass is 9.86. The number of hydrogen-bond donors (Lipinski definition) is 1. The third-order valence-electron chi connectivity index (χ3n) is 6.43. The topological polar surface area (TPSA) is 106 Å². The van der Waals surface area contributed by atoms with Gasteiger partial charge in [0.25, 0.3) is 0 Å². The molecule has 0 saturated carbocycles. The van der Waals surface area contributed by atoms with Crippen molar-refractivity contribution in [2.24, 2.45) is 5.41 Å². The Hall–Kier alpha value is -3.45. The van der Waals surface area contributed by atoms with Gasteiger partial charge < -0.3 is 13.9 Å². The van der Waals surface area contributed by atoms with Crippen molar-refractivity contribution >= 4 is 34.5 Å². The normalized spacial score (nSPS) is 10.6. The summed E-state index contributed by atoms with van der Waals surface area (Å²) >= 11 is 5.96. The largest absolute Gasteiger partial charge is 0.475 e. The van der Waals surface area contributed by atoms with E-state index in [1.54, 1.807) is 19.9 Å². The van der Waals surface area contributed by atoms with Crippen molar-refractivity contribution in [1.82, 2.24) is 9.97 Å². The first-order valence-electron chi connectivity index (χ1n) is 15.7. The monoisotopic (exact) mass is 642 g/mol. The average Bonchev–Trinajstić information content (AvgIpc) is 3.56. The zero-order chi connectivity index (χ0) is 35.1. The minimum atomic E-state index is -1.07. The minimum Gasteiger partial charge on any atom is -0.475 e. The number of unbranched alkanes of at least 4 members (excludes halogenated alkanes) is 1. The summed E-state index contributed by atoms with van der Waals surface area (Å²) in [5, 5.41) is 9.13. The number of oxazole rings is 1. The van der Waals surface area contributed by atoms with E-state index in [1.165, 1.54) is 26.2 Å². The number of aromatic nitrogens is 2. The molecule has 7 nitrogen and oxygen atoms in total. The number of carbonyl (C=O) groups is 2. The molecule has 8 heteroatoms. The van der Waals surface area contributed by atoms with Gasteiger partial charge in [0.1, 0.15) is 5.52 Å². The van der Waals surface area contributed by atoms with Crippen LogP contribution in [0.25, 0.3) is 22.4 Å². The van der Waals surface area contributed by atoms with Crippen LogP contribution in [0.4, 0.5) is 0 Å². The summed E-state index contributed by atoms with van der Waals surface area (Å²) in [6.45, 7) is 28.3. The zero-order valence-corrected chi connectivity index (χ0v) is 30.7. The maximum Gasteiger partial charge on any atom is 0.373 e. The molecule has 0 bridgehead atoms. The number of hydrogen-bond acceptors (Lipinski definition) is 6. The van der Waals surface area contributed by atoms with Gasteiger partial charge >= 0.3 is 5.97 Å². The van der Waals surface area contributed by atoms with Crippen molar-refractivity contribution in [3.05, 3.63) is 70.1 Å². The van der Waals surface area contributed by atoms with Crippen molar-refractivity contribution < 1.29 is 23.5 Å². The highest BCUT2D eigenvalue weighted by molar-refractivity contribution is 6.30. The van der Waals surface area contributed by atoms with Gasteiger partial charge in [-0.15, -0.1) is 0 Å². The Labute approximate surface area is 275 Å². The number of carbonyl (C=O) groups excluding carboxylic acids is 1. The molecule has 0 aliphatic heterocycles. The van der Waals surface area contributed by atoms with E-state index in [0.29, 0.717) is 38.9 Å². The van der Waals surface area contributed by atoms with Crippen LogP contribution in [0.2, 0.25) is 5.02 Å². The van der Waals surface area contributed by atoms with Gasteiger partial charge in [0.2, 0.25) is 5.76 Å². The molecule has 250 valence electrons. The maximum absolute atomic E-state index is 11.6. The molecule has 0 fully saturated rings. The number of aryl methyl sites for hydroxylation is 2. The fraction of sp³-hybridized carbons (Fsp3) is 0.514. The quantitative estimate of drug-likeness (QED) is 0.221. The van der Waals surface area contributed by atoms with Crippen LogP contribution in [0.1, 0.15) is 141 Å². The van der Waals surface area contributed by atoms with Gasteiger partial charge in [-0.05, 0) is 36.0 Å². The van der Waals surface area contributed by atoms with Crippen molar-refractivity contribution in [3.8, 4) is 11.3 Å². The number of carboxylic acids is 1. The SMILES string of the molecule is CC.CC(=O)c1cc2nc(-c3ccc(Cl)cc3)cc(C(C)(C)C)c2o1.CCC(C)(C)C.CCCC.Cc1nc(C)c(C(=O)O)o1. The summed E-state index contributed by atoms with van der Waals surface area (Å²) in [5.41, 5.74) is 5.06. The van der Waals surface area contributed by atoms with Crippen LogP contribution in [-0.4, -0.2) is 26.8 Å². The molecule has 4 rings (SSSR count). The first-order chi connectivity index (χ1) is 20.8. The predicted molar refractivity (Wildman–Crippen MR) is 188 cm³/mol. The second-order valence-corrected chi connectivity index (χ2v) is 13.0. The number of aromatic carboxylic acids is 1. The summed E-state index contributed by atoms with van der Waals surface area (Å²) in [5.74, 6) is -0.521. The fourth-order valence-electron chi connectivity index (χ4n) is 3.25. The Bertz CT molecular complexity index is 1470. The molecule has 3 aromatic heterocycles. The first-order valence-corrected chi connectivity index (χ1v) is 16.1. The minimum absolute atomic E-state index is 0.0718. The van der Waals surface area contributed by atoms with E-state index < -0.39 is 5.97 Å². The molecule has 45 heavy (non-hydrogen) atoms. The maximum atomic E-state index is 11.6. The average molecular weight is 643 g/mol. The number of fused-ring (bicyclic) bond motifs is 1. The third kappa shape index (κ3) is 14.5. The Morgan fingerprint density at radius 1 is 0.867 bits per heavy atom. The predicted octanol–water partition coefficient (Wildman–Crippen LogP) is 11.9. The molecule has 3 heterocycles. The number of furan rings is 1. The number of benzene rings is 1. The Morgan fingerprint density at radius 2 is 1.38 bits per heavy atom. The van der Waals surface area contributed by atoms with Crippen molar-refractivity contribution in [3.63, 3.8) is 0 Å². The number of ketones is 1. The smallest absolute Gasteiger partial charge is 0.373 e. The molecule has 0 atom stereocenters. The third-order valence-corrected chi connectivity index (χ3v) is 6.68. The Balaban J connectivity index is 0.000000725. The standard InChI is InChI=1S/C19H18ClNO2.C6H7NO3.C6H14.C4H10.C2H6/c1-11(22)17-10-16-18(23-17)14(19(2,3)4)9-15(21-16)12-5-7-13(20)8-6-12;1-3-5(6(8)9)10-4(2)7-3;1-5-6(2,3)4;1-3-4-2;1-2/h5-10H,1-4H3;1-2H3,(H,8,9);5H2,1-4H3;3-4H2,1-2H3;1-2H3. The van der Waals surface area contributed by atoms with E-state index in [0.717, 1.165) is 16.8 Å². The molecular weight excluding hydrogens is 588 g/mol. The van der Waals surface area contributed by atoms with Gasteiger partial charge in [0, 0.05) is 36.1 Å². The number of pyridine rings is 1. The molecule has 0 radical (unpaired) electrons. The highest BCUT2D eigenvalue weighted by atomic mass is 35.5. The fourth-order valence-corrected chi connectivity index (χ4v) is 3.38. The van der Waals surface area contributed by atoms with Crippen LogP contribution in [0.15, 0.2) is 45.2 Å². The molecule has 0 aliphatic carbocycles. The number of rotatable bonds is 4. The summed E-state index contributed by atoms with van der Waals surface area (Å²) in [6.07, 6.45) is 3.91. The molecule has 0 aliphatic rings. The second-order valence-electron chi connectivity index (χ2n) is 12.6. The van der Waals surface area contributed by atoms with Crippen LogP contribution in [0.5, 0.6) is 0 Å². The van der Waals surface area contributed by atoms with Crippen LogP contribution < -0.4 is 0 Å². The van der Waals surface area contributed by atoms with Crippen LogP contribution in [-0.2, 0) is 5.41 Å². The molecule has 1 N–H and O–H groups in total. The molecular formula is C37H55ClN2O5. The van der Waals surface area contributed by atoms with E-state index in [2.05, 4.69) is 72.3 Å². The van der Waals surface area contributed by atoms with Crippen molar-refractivity contribution in [2.45, 2.75) is 122 Å². The van der Waals surface area contributed by atoms with Gasteiger partial charge in [-0.2, -0.15) is 0 Å². The summed E-state index contributed by atoms with van der Waals surface area (Å²) in [4.78, 5) is 30.4. The van der Waals surface area contributed by atoms with Crippen LogP contribution in [0.3, 0.4) is 0 Å². The zero-order valence-electron chi connectivity index (χ0n) is 29.9. The molecule has 0 saturated heterocycles. The van der Waals surface area contributed by atoms with Crippen LogP contribution >= 0.6 is 11.6 Å². The Kier molecular flexibility index (Phi) is 17.7. The first kappa shape index (κ1) is 41.5. The van der Waals surface area contributed by atoms with E-state index in [9.17, 15) is 9.59 Å². The van der Waals surface area contributed by atoms with Gasteiger partial charge in [-0.25, -0.2) is 14.8 Å². The molecule has 4 aromatic rings. The van der Waals surface area contributed by atoms with Gasteiger partial charge in [0.05, 0.1) is 11.4 Å². The van der Waals surface area contributed by atoms with Crippen molar-refractivity contribution in [2.75, 3.05) is 0 Å². The van der Waals surface area contributed by atoms with Gasteiger partial charge in [-0.1, -0.05) is 119 Å². The van der Waals surface area contributed by atoms with Crippen molar-refractivity contribution in [1.29, 1.82) is 0 Å². The highest BCUT2D eigenvalue weighted by Gasteiger charge is 2.23. The lowest BCUT2D eigenvalue weighted by Gasteiger charge is -2.20. The number of nitrogens with zero attached hydrogens (tertiary/aromatic N) is 2. The number of halogens is 1. The summed E-state index contributed by atoms with van der Waals surface area (Å²) in [6, 6.07) is 11.3. The number of carboxylic acid groups (broad SMARTS) is 1.